The van der Waals surface area contributed by atoms with Crippen molar-refractivity contribution < 1.29 is 4.79 Å². The van der Waals surface area contributed by atoms with E-state index in [-0.39, 0.29) is 11.8 Å². The van der Waals surface area contributed by atoms with Crippen LogP contribution in [0.25, 0.3) is 0 Å². The number of hydrogen-bond acceptors (Lipinski definition) is 2. The van der Waals surface area contributed by atoms with E-state index in [4.69, 9.17) is 0 Å². The number of carbonyl (C=O) groups excluding carboxylic acids is 1. The number of nitrogens with zero attached hydrogens (tertiary/aromatic N) is 1. The molecule has 2 aliphatic rings. The monoisotopic (exact) mass is 258 g/mol. The van der Waals surface area contributed by atoms with E-state index in [2.05, 4.69) is 22.3 Å². The summed E-state index contributed by atoms with van der Waals surface area (Å²) in [5, 5.41) is 3.15. The van der Waals surface area contributed by atoms with Crippen molar-refractivity contribution in [3.05, 3.63) is 24.3 Å². The second-order valence-electron chi connectivity index (χ2n) is 5.68. The maximum absolute atomic E-state index is 12.3. The number of hydrogen-bond donors (Lipinski definition) is 1. The van der Waals surface area contributed by atoms with Crippen molar-refractivity contribution in [3.8, 4) is 0 Å². The molecular weight excluding hydrogens is 236 g/mol. The zero-order chi connectivity index (χ0) is 13.1. The van der Waals surface area contributed by atoms with Crippen molar-refractivity contribution >= 4 is 17.3 Å². The first-order valence-electron chi connectivity index (χ1n) is 7.49. The zero-order valence-corrected chi connectivity index (χ0v) is 11.4. The summed E-state index contributed by atoms with van der Waals surface area (Å²) >= 11 is 0. The first-order chi connectivity index (χ1) is 9.34. The van der Waals surface area contributed by atoms with E-state index < -0.39 is 0 Å². The van der Waals surface area contributed by atoms with Crippen LogP contribution >= 0.6 is 0 Å². The highest BCUT2D eigenvalue weighted by molar-refractivity contribution is 5.96. The molecule has 0 atom stereocenters. The number of anilines is 2. The predicted molar refractivity (Wildman–Crippen MR) is 78.5 cm³/mol. The Bertz CT molecular complexity index is 446. The lowest BCUT2D eigenvalue weighted by Gasteiger charge is -2.22. The van der Waals surface area contributed by atoms with E-state index in [0.29, 0.717) is 0 Å². The summed E-state index contributed by atoms with van der Waals surface area (Å²) in [4.78, 5) is 14.6. The molecule has 0 spiro atoms. The lowest BCUT2D eigenvalue weighted by Crippen LogP contribution is -2.24. The van der Waals surface area contributed by atoms with Gasteiger partial charge in [-0.1, -0.05) is 25.0 Å². The van der Waals surface area contributed by atoms with Crippen LogP contribution in [-0.4, -0.2) is 19.0 Å². The van der Waals surface area contributed by atoms with Crippen molar-refractivity contribution in [1.82, 2.24) is 0 Å². The molecule has 3 rings (SSSR count). The molecule has 1 aliphatic heterocycles. The van der Waals surface area contributed by atoms with Crippen LogP contribution in [0.3, 0.4) is 0 Å². The predicted octanol–water partition coefficient (Wildman–Crippen LogP) is 3.42. The molecule has 3 nitrogen and oxygen atoms in total. The van der Waals surface area contributed by atoms with E-state index in [1.165, 1.54) is 31.4 Å². The largest absolute Gasteiger partial charge is 0.370 e. The molecule has 1 aromatic rings. The molecule has 19 heavy (non-hydrogen) atoms. The van der Waals surface area contributed by atoms with Gasteiger partial charge in [-0.25, -0.2) is 0 Å². The van der Waals surface area contributed by atoms with Gasteiger partial charge in [-0.2, -0.15) is 0 Å². The normalized spacial score (nSPS) is 19.9. The highest BCUT2D eigenvalue weighted by atomic mass is 16.1. The molecule has 0 radical (unpaired) electrons. The summed E-state index contributed by atoms with van der Waals surface area (Å²) in [5.74, 6) is 0.441. The van der Waals surface area contributed by atoms with Crippen molar-refractivity contribution in [2.45, 2.75) is 38.5 Å². The molecule has 3 heteroatoms. The van der Waals surface area contributed by atoms with Gasteiger partial charge in [-0.3, -0.25) is 4.79 Å². The molecule has 0 bridgehead atoms. The lowest BCUT2D eigenvalue weighted by molar-refractivity contribution is -0.119. The third-order valence-corrected chi connectivity index (χ3v) is 4.33. The fourth-order valence-electron chi connectivity index (χ4n) is 3.24. The topological polar surface area (TPSA) is 32.3 Å². The summed E-state index contributed by atoms with van der Waals surface area (Å²) in [6, 6.07) is 8.21. The van der Waals surface area contributed by atoms with E-state index in [1.807, 2.05) is 12.1 Å². The van der Waals surface area contributed by atoms with Gasteiger partial charge >= 0.3 is 0 Å². The first kappa shape index (κ1) is 12.5. The second kappa shape index (κ2) is 5.64. The highest BCUT2D eigenvalue weighted by Crippen LogP contribution is 2.31. The van der Waals surface area contributed by atoms with Crippen molar-refractivity contribution in [1.29, 1.82) is 0 Å². The van der Waals surface area contributed by atoms with Crippen LogP contribution in [0.2, 0.25) is 0 Å². The Balaban J connectivity index is 1.74. The maximum Gasteiger partial charge on any atom is 0.227 e. The van der Waals surface area contributed by atoms with E-state index >= 15 is 0 Å². The van der Waals surface area contributed by atoms with Gasteiger partial charge in [0.25, 0.3) is 0 Å². The van der Waals surface area contributed by atoms with E-state index in [0.717, 1.165) is 31.6 Å². The number of benzene rings is 1. The fourth-order valence-corrected chi connectivity index (χ4v) is 3.24. The second-order valence-corrected chi connectivity index (χ2v) is 5.68. The summed E-state index contributed by atoms with van der Waals surface area (Å²) in [6.07, 6.45) is 7.02. The Morgan fingerprint density at radius 3 is 2.47 bits per heavy atom. The molecule has 0 unspecified atom stereocenters. The van der Waals surface area contributed by atoms with E-state index in [1.54, 1.807) is 0 Å². The smallest absolute Gasteiger partial charge is 0.227 e. The summed E-state index contributed by atoms with van der Waals surface area (Å²) in [7, 11) is 0. The molecule has 1 aromatic carbocycles. The van der Waals surface area contributed by atoms with Gasteiger partial charge in [0.1, 0.15) is 0 Å². The van der Waals surface area contributed by atoms with Crippen molar-refractivity contribution in [2.24, 2.45) is 5.92 Å². The Kier molecular flexibility index (Phi) is 3.72. The van der Waals surface area contributed by atoms with Crippen molar-refractivity contribution in [3.63, 3.8) is 0 Å². The number of rotatable bonds is 3. The molecule has 2 fully saturated rings. The van der Waals surface area contributed by atoms with Crippen LogP contribution in [0.5, 0.6) is 0 Å². The molecule has 1 amide bonds. The Morgan fingerprint density at radius 2 is 1.74 bits per heavy atom. The maximum atomic E-state index is 12.3. The van der Waals surface area contributed by atoms with Crippen LogP contribution in [0.1, 0.15) is 38.5 Å². The summed E-state index contributed by atoms with van der Waals surface area (Å²) < 4.78 is 0. The zero-order valence-electron chi connectivity index (χ0n) is 11.4. The Hall–Kier alpha value is -1.51. The third kappa shape index (κ3) is 2.75. The average Bonchev–Trinajstić information content (AvgIpc) is 3.13. The Morgan fingerprint density at radius 1 is 1.05 bits per heavy atom. The van der Waals surface area contributed by atoms with Gasteiger partial charge in [0.2, 0.25) is 5.91 Å². The molecule has 1 saturated carbocycles. The van der Waals surface area contributed by atoms with Gasteiger partial charge in [-0.05, 0) is 37.8 Å². The summed E-state index contributed by atoms with van der Waals surface area (Å²) in [5.41, 5.74) is 2.17. The van der Waals surface area contributed by atoms with Crippen LogP contribution in [0.4, 0.5) is 11.4 Å². The fraction of sp³-hybridized carbons (Fsp3) is 0.562. The number of carbonyl (C=O) groups is 1. The van der Waals surface area contributed by atoms with Gasteiger partial charge in [0.15, 0.2) is 0 Å². The quantitative estimate of drug-likeness (QED) is 0.901. The third-order valence-electron chi connectivity index (χ3n) is 4.33. The first-order valence-corrected chi connectivity index (χ1v) is 7.49. The molecule has 1 saturated heterocycles. The van der Waals surface area contributed by atoms with Crippen LogP contribution in [0.15, 0.2) is 24.3 Å². The average molecular weight is 258 g/mol. The molecular formula is C16H22N2O. The number of para-hydroxylation sites is 2. The minimum absolute atomic E-state index is 0.212. The molecule has 102 valence electrons. The summed E-state index contributed by atoms with van der Waals surface area (Å²) in [6.45, 7) is 2.21. The number of nitrogens with one attached hydrogen (secondary N) is 1. The minimum atomic E-state index is 0.212. The number of amides is 1. The highest BCUT2D eigenvalue weighted by Gasteiger charge is 2.24. The molecule has 0 aromatic heterocycles. The van der Waals surface area contributed by atoms with Gasteiger partial charge in [0.05, 0.1) is 11.4 Å². The molecule has 1 N–H and O–H groups in total. The molecule has 1 heterocycles. The Labute approximate surface area is 115 Å². The van der Waals surface area contributed by atoms with Gasteiger partial charge in [-0.15, -0.1) is 0 Å². The van der Waals surface area contributed by atoms with Crippen LogP contribution < -0.4 is 10.2 Å². The van der Waals surface area contributed by atoms with Crippen LogP contribution in [0, 0.1) is 5.92 Å². The van der Waals surface area contributed by atoms with Gasteiger partial charge in [0, 0.05) is 19.0 Å². The molecule has 1 aliphatic carbocycles. The van der Waals surface area contributed by atoms with Crippen LogP contribution in [-0.2, 0) is 4.79 Å². The van der Waals surface area contributed by atoms with Gasteiger partial charge < -0.3 is 10.2 Å². The van der Waals surface area contributed by atoms with E-state index in [9.17, 15) is 4.79 Å². The lowest BCUT2D eigenvalue weighted by atomic mass is 10.1. The van der Waals surface area contributed by atoms with Crippen molar-refractivity contribution in [2.75, 3.05) is 23.3 Å². The SMILES string of the molecule is O=C(Nc1ccccc1N1CCCC1)C1CCCC1. The standard InChI is InChI=1S/C16H22N2O/c19-16(13-7-1-2-8-13)17-14-9-3-4-10-15(14)18-11-5-6-12-18/h3-4,9-10,13H,1-2,5-8,11-12H2,(H,17,19). The minimum Gasteiger partial charge on any atom is -0.370 e.